The molecule has 0 aliphatic carbocycles. The molecule has 2 aliphatic heterocycles. The Morgan fingerprint density at radius 1 is 1.37 bits per heavy atom. The van der Waals surface area contributed by atoms with E-state index < -0.39 is 16.1 Å². The molecule has 2 saturated heterocycles. The fourth-order valence-electron chi connectivity index (χ4n) is 3.69. The van der Waals surface area contributed by atoms with Crippen LogP contribution in [0.25, 0.3) is 0 Å². The van der Waals surface area contributed by atoms with Gasteiger partial charge >= 0.3 is 0 Å². The van der Waals surface area contributed by atoms with Crippen LogP contribution in [0.5, 0.6) is 0 Å². The maximum Gasteiger partial charge on any atom is 0.248 e. The van der Waals surface area contributed by atoms with Crippen molar-refractivity contribution in [3.63, 3.8) is 0 Å². The van der Waals surface area contributed by atoms with E-state index in [4.69, 9.17) is 0 Å². The third kappa shape index (κ3) is 3.60. The summed E-state index contributed by atoms with van der Waals surface area (Å²) in [5.74, 6) is 0.269. The zero-order valence-electron chi connectivity index (χ0n) is 15.8. The Hall–Kier alpha value is -1.58. The molecule has 1 N–H and O–H groups in total. The van der Waals surface area contributed by atoms with Gasteiger partial charge in [-0.15, -0.1) is 11.8 Å². The molecule has 148 valence electrons. The first-order valence-electron chi connectivity index (χ1n) is 9.10. The van der Waals surface area contributed by atoms with Crippen LogP contribution in [0.1, 0.15) is 33.6 Å². The Kier molecular flexibility index (Phi) is 5.56. The van der Waals surface area contributed by atoms with E-state index >= 15 is 0 Å². The Labute approximate surface area is 164 Å². The number of nitrogens with one attached hydrogen (secondary N) is 1. The first-order chi connectivity index (χ1) is 12.7. The summed E-state index contributed by atoms with van der Waals surface area (Å²) in [6, 6.07) is 5.74. The number of sulfonamides is 1. The van der Waals surface area contributed by atoms with E-state index in [9.17, 15) is 18.0 Å². The smallest absolute Gasteiger partial charge is 0.248 e. The molecule has 27 heavy (non-hydrogen) atoms. The van der Waals surface area contributed by atoms with Gasteiger partial charge in [-0.2, -0.15) is 4.31 Å². The Morgan fingerprint density at radius 2 is 2.07 bits per heavy atom. The largest absolute Gasteiger partial charge is 0.324 e. The number of hydrogen-bond acceptors (Lipinski definition) is 5. The minimum Gasteiger partial charge on any atom is -0.324 e. The molecule has 2 amide bonds. The highest BCUT2D eigenvalue weighted by Gasteiger charge is 2.52. The van der Waals surface area contributed by atoms with Gasteiger partial charge < -0.3 is 10.2 Å². The predicted octanol–water partition coefficient (Wildman–Crippen LogP) is 2.11. The van der Waals surface area contributed by atoms with Crippen LogP contribution < -0.4 is 5.32 Å². The lowest BCUT2D eigenvalue weighted by molar-refractivity contribution is -0.135. The van der Waals surface area contributed by atoms with E-state index in [-0.39, 0.29) is 21.6 Å². The van der Waals surface area contributed by atoms with Crippen molar-refractivity contribution >= 4 is 39.3 Å². The van der Waals surface area contributed by atoms with E-state index in [0.717, 1.165) is 6.42 Å². The molecule has 9 heteroatoms. The number of fused-ring (bicyclic) bond motifs is 1. The quantitative estimate of drug-likeness (QED) is 0.775. The summed E-state index contributed by atoms with van der Waals surface area (Å²) in [6.07, 6.45) is 1.21. The molecular formula is C18H25N3O4S2. The second-order valence-electron chi connectivity index (χ2n) is 6.87. The van der Waals surface area contributed by atoms with Gasteiger partial charge in [0.05, 0.1) is 9.77 Å². The average Bonchev–Trinajstić information content (AvgIpc) is 3.12. The Bertz CT molecular complexity index is 854. The normalized spacial score (nSPS) is 25.1. The second-order valence-corrected chi connectivity index (χ2v) is 10.3. The summed E-state index contributed by atoms with van der Waals surface area (Å²) < 4.78 is 26.7. The summed E-state index contributed by atoms with van der Waals surface area (Å²) in [4.78, 5) is 26.5. The van der Waals surface area contributed by atoms with Gasteiger partial charge in [-0.05, 0) is 31.5 Å². The van der Waals surface area contributed by atoms with Crippen molar-refractivity contribution in [1.29, 1.82) is 0 Å². The molecule has 0 saturated carbocycles. The number of thioether (sulfide) groups is 1. The number of benzene rings is 1. The molecular weight excluding hydrogens is 386 g/mol. The van der Waals surface area contributed by atoms with Crippen LogP contribution in [0.4, 0.5) is 5.69 Å². The summed E-state index contributed by atoms with van der Waals surface area (Å²) in [5, 5.41) is 2.79. The molecule has 0 unspecified atom stereocenters. The summed E-state index contributed by atoms with van der Waals surface area (Å²) in [6.45, 7) is 6.32. The van der Waals surface area contributed by atoms with Crippen LogP contribution in [0.3, 0.4) is 0 Å². The van der Waals surface area contributed by atoms with E-state index in [1.165, 1.54) is 16.4 Å². The summed E-state index contributed by atoms with van der Waals surface area (Å²) in [7, 11) is -3.60. The van der Waals surface area contributed by atoms with Crippen molar-refractivity contribution in [1.82, 2.24) is 9.21 Å². The Morgan fingerprint density at radius 3 is 2.74 bits per heavy atom. The van der Waals surface area contributed by atoms with Gasteiger partial charge in [-0.3, -0.25) is 9.59 Å². The molecule has 3 rings (SSSR count). The molecule has 0 bridgehead atoms. The summed E-state index contributed by atoms with van der Waals surface area (Å²) >= 11 is 1.63. The van der Waals surface area contributed by atoms with Gasteiger partial charge in [0.2, 0.25) is 21.8 Å². The van der Waals surface area contributed by atoms with Crippen molar-refractivity contribution < 1.29 is 18.0 Å². The highest BCUT2D eigenvalue weighted by molar-refractivity contribution is 8.01. The maximum atomic E-state index is 12.8. The molecule has 7 nitrogen and oxygen atoms in total. The molecule has 2 heterocycles. The van der Waals surface area contributed by atoms with E-state index in [2.05, 4.69) is 5.32 Å². The highest BCUT2D eigenvalue weighted by Crippen LogP contribution is 2.47. The number of carbonyl (C=O) groups is 2. The SMILES string of the molecule is CCN(CC)S(=O)(=O)c1cccc(NC(=O)[C@@H]2CS[C@@]3(C)CCC(=O)N23)c1. The first-order valence-corrected chi connectivity index (χ1v) is 11.5. The van der Waals surface area contributed by atoms with Gasteiger partial charge in [0.15, 0.2) is 0 Å². The summed E-state index contributed by atoms with van der Waals surface area (Å²) in [5.41, 5.74) is 0.415. The molecule has 0 aromatic heterocycles. The highest BCUT2D eigenvalue weighted by atomic mass is 32.2. The van der Waals surface area contributed by atoms with Crippen molar-refractivity contribution in [2.24, 2.45) is 0 Å². The zero-order chi connectivity index (χ0) is 19.8. The number of rotatable bonds is 6. The van der Waals surface area contributed by atoms with Crippen molar-refractivity contribution in [3.05, 3.63) is 24.3 Å². The Balaban J connectivity index is 1.79. The molecule has 1 aromatic carbocycles. The van der Waals surface area contributed by atoms with E-state index in [0.29, 0.717) is 31.0 Å². The standard InChI is InChI=1S/C18H25N3O4S2/c1-4-20(5-2)27(24,25)14-8-6-7-13(11-14)19-17(23)15-12-26-18(3)10-9-16(22)21(15)18/h6-8,11,15H,4-5,9-10,12H2,1-3H3,(H,19,23)/t15-,18-/m0/s1. The topological polar surface area (TPSA) is 86.8 Å². The third-order valence-corrected chi connectivity index (χ3v) is 8.74. The number of carbonyl (C=O) groups excluding carboxylic acids is 2. The molecule has 1 aromatic rings. The zero-order valence-corrected chi connectivity index (χ0v) is 17.4. The number of anilines is 1. The van der Waals surface area contributed by atoms with Crippen molar-refractivity contribution in [2.45, 2.75) is 49.4 Å². The van der Waals surface area contributed by atoms with E-state index in [1.54, 1.807) is 42.6 Å². The molecule has 2 aliphatic rings. The molecule has 2 fully saturated rings. The fraction of sp³-hybridized carbons (Fsp3) is 0.556. The molecule has 2 atom stereocenters. The third-order valence-electron chi connectivity index (χ3n) is 5.19. The lowest BCUT2D eigenvalue weighted by atomic mass is 10.2. The lowest BCUT2D eigenvalue weighted by Crippen LogP contribution is -2.48. The van der Waals surface area contributed by atoms with Gasteiger partial charge in [0, 0.05) is 31.0 Å². The van der Waals surface area contributed by atoms with E-state index in [1.807, 2.05) is 6.92 Å². The van der Waals surface area contributed by atoms with Crippen LogP contribution in [-0.4, -0.2) is 59.2 Å². The van der Waals surface area contributed by atoms with Crippen LogP contribution in [0, 0.1) is 0 Å². The van der Waals surface area contributed by atoms with Crippen LogP contribution in [0.15, 0.2) is 29.2 Å². The van der Waals surface area contributed by atoms with Crippen molar-refractivity contribution in [2.75, 3.05) is 24.2 Å². The second kappa shape index (κ2) is 7.44. The van der Waals surface area contributed by atoms with Crippen molar-refractivity contribution in [3.8, 4) is 0 Å². The fourth-order valence-corrected chi connectivity index (χ4v) is 6.62. The number of nitrogens with zero attached hydrogens (tertiary/aromatic N) is 2. The predicted molar refractivity (Wildman–Crippen MR) is 106 cm³/mol. The molecule has 0 spiro atoms. The van der Waals surface area contributed by atoms with Crippen LogP contribution in [-0.2, 0) is 19.6 Å². The average molecular weight is 412 g/mol. The first kappa shape index (κ1) is 20.2. The lowest BCUT2D eigenvalue weighted by Gasteiger charge is -2.29. The van der Waals surface area contributed by atoms with Gasteiger partial charge in [0.1, 0.15) is 6.04 Å². The molecule has 0 radical (unpaired) electrons. The van der Waals surface area contributed by atoms with Crippen LogP contribution >= 0.6 is 11.8 Å². The minimum absolute atomic E-state index is 0.000474. The maximum absolute atomic E-state index is 12.8. The number of hydrogen-bond donors (Lipinski definition) is 1. The van der Waals surface area contributed by atoms with Gasteiger partial charge in [0.25, 0.3) is 0 Å². The van der Waals surface area contributed by atoms with Gasteiger partial charge in [-0.1, -0.05) is 19.9 Å². The van der Waals surface area contributed by atoms with Crippen LogP contribution in [0.2, 0.25) is 0 Å². The minimum atomic E-state index is -3.60. The number of amides is 2. The monoisotopic (exact) mass is 411 g/mol. The van der Waals surface area contributed by atoms with Gasteiger partial charge in [-0.25, -0.2) is 8.42 Å².